The van der Waals surface area contributed by atoms with Crippen molar-refractivity contribution >= 4 is 11.3 Å². The molecule has 0 aliphatic carbocycles. The van der Waals surface area contributed by atoms with Crippen molar-refractivity contribution in [1.82, 2.24) is 15.3 Å². The van der Waals surface area contributed by atoms with Crippen LogP contribution in [0.2, 0.25) is 0 Å². The molecule has 0 fully saturated rings. The highest BCUT2D eigenvalue weighted by Gasteiger charge is 2.11. The average Bonchev–Trinajstić information content (AvgIpc) is 2.71. The normalized spacial score (nSPS) is 10.9. The van der Waals surface area contributed by atoms with Gasteiger partial charge < -0.3 is 5.32 Å². The first kappa shape index (κ1) is 13.2. The van der Waals surface area contributed by atoms with E-state index in [0.717, 1.165) is 29.4 Å². The lowest BCUT2D eigenvalue weighted by atomic mass is 10.2. The van der Waals surface area contributed by atoms with Gasteiger partial charge in [-0.05, 0) is 39.4 Å². The summed E-state index contributed by atoms with van der Waals surface area (Å²) in [6, 6.07) is 4.21. The lowest BCUT2D eigenvalue weighted by molar-refractivity contribution is 0.815. The van der Waals surface area contributed by atoms with Crippen molar-refractivity contribution in [2.75, 3.05) is 7.05 Å². The molecule has 0 aliphatic rings. The summed E-state index contributed by atoms with van der Waals surface area (Å²) in [5.41, 5.74) is 4.49. The van der Waals surface area contributed by atoms with Gasteiger partial charge in [-0.25, -0.2) is 4.98 Å². The van der Waals surface area contributed by atoms with Crippen LogP contribution in [0.25, 0.3) is 10.6 Å². The summed E-state index contributed by atoms with van der Waals surface area (Å²) in [6.45, 7) is 7.10. The van der Waals surface area contributed by atoms with Crippen molar-refractivity contribution < 1.29 is 0 Å². The molecule has 2 aromatic rings. The predicted molar refractivity (Wildman–Crippen MR) is 77.0 cm³/mol. The number of aromatic nitrogens is 2. The van der Waals surface area contributed by atoms with Crippen LogP contribution in [-0.4, -0.2) is 17.0 Å². The molecule has 1 N–H and O–H groups in total. The first-order valence-electron chi connectivity index (χ1n) is 6.23. The molecule has 96 valence electrons. The topological polar surface area (TPSA) is 37.8 Å². The van der Waals surface area contributed by atoms with Crippen LogP contribution < -0.4 is 5.32 Å². The van der Waals surface area contributed by atoms with Crippen LogP contribution >= 0.6 is 11.3 Å². The number of nitrogens with zero attached hydrogens (tertiary/aromatic N) is 2. The number of pyridine rings is 1. The minimum atomic E-state index is 0.893. The van der Waals surface area contributed by atoms with Crippen LogP contribution in [-0.2, 0) is 13.0 Å². The second-order valence-corrected chi connectivity index (χ2v) is 5.49. The monoisotopic (exact) mass is 261 g/mol. The third kappa shape index (κ3) is 2.76. The molecule has 3 nitrogen and oxygen atoms in total. The highest BCUT2D eigenvalue weighted by molar-refractivity contribution is 7.15. The second-order valence-electron chi connectivity index (χ2n) is 4.41. The van der Waals surface area contributed by atoms with Gasteiger partial charge in [0.1, 0.15) is 5.01 Å². The fourth-order valence-corrected chi connectivity index (χ4v) is 3.19. The van der Waals surface area contributed by atoms with E-state index < -0.39 is 0 Å². The van der Waals surface area contributed by atoms with Gasteiger partial charge in [0, 0.05) is 28.4 Å². The van der Waals surface area contributed by atoms with E-state index in [1.54, 1.807) is 11.3 Å². The van der Waals surface area contributed by atoms with Crippen molar-refractivity contribution in [3.05, 3.63) is 34.1 Å². The van der Waals surface area contributed by atoms with Gasteiger partial charge in [0.2, 0.25) is 0 Å². The van der Waals surface area contributed by atoms with Gasteiger partial charge >= 0.3 is 0 Å². The van der Waals surface area contributed by atoms with Gasteiger partial charge in [-0.15, -0.1) is 11.3 Å². The summed E-state index contributed by atoms with van der Waals surface area (Å²) in [6.07, 6.45) is 0.983. The number of aryl methyl sites for hydroxylation is 3. The molecule has 2 heterocycles. The molecule has 0 aromatic carbocycles. The molecule has 0 bridgehead atoms. The summed E-state index contributed by atoms with van der Waals surface area (Å²) >= 11 is 1.78. The zero-order valence-corrected chi connectivity index (χ0v) is 12.2. The largest absolute Gasteiger partial charge is 0.315 e. The molecule has 0 unspecified atom stereocenters. The van der Waals surface area contributed by atoms with Crippen LogP contribution in [0.1, 0.15) is 28.9 Å². The first-order chi connectivity index (χ1) is 8.63. The van der Waals surface area contributed by atoms with Crippen LogP contribution in [0.5, 0.6) is 0 Å². The second kappa shape index (κ2) is 5.59. The fourth-order valence-electron chi connectivity index (χ4n) is 2.04. The van der Waals surface area contributed by atoms with E-state index in [-0.39, 0.29) is 0 Å². The summed E-state index contributed by atoms with van der Waals surface area (Å²) in [5.74, 6) is 0. The molecule has 2 aromatic heterocycles. The average molecular weight is 261 g/mol. The van der Waals surface area contributed by atoms with E-state index in [9.17, 15) is 0 Å². The van der Waals surface area contributed by atoms with E-state index in [4.69, 9.17) is 4.98 Å². The Labute approximate surface area is 112 Å². The van der Waals surface area contributed by atoms with Crippen LogP contribution in [0.4, 0.5) is 0 Å². The molecular formula is C14H19N3S. The molecule has 0 saturated heterocycles. The Bertz CT molecular complexity index is 526. The van der Waals surface area contributed by atoms with Crippen molar-refractivity contribution in [2.24, 2.45) is 0 Å². The number of thiazole rings is 1. The Morgan fingerprint density at radius 2 is 1.83 bits per heavy atom. The van der Waals surface area contributed by atoms with Gasteiger partial charge in [0.15, 0.2) is 0 Å². The van der Waals surface area contributed by atoms with Crippen LogP contribution in [0.15, 0.2) is 12.1 Å². The maximum Gasteiger partial charge on any atom is 0.124 e. The number of rotatable bonds is 4. The maximum absolute atomic E-state index is 4.75. The maximum atomic E-state index is 4.75. The standard InChI is InChI=1S/C14H19N3S/c1-5-12-13(8-15-4)18-14(17-12)11-6-9(2)16-10(3)7-11/h6-7,15H,5,8H2,1-4H3. The number of nitrogens with one attached hydrogen (secondary N) is 1. The number of hydrogen-bond acceptors (Lipinski definition) is 4. The van der Waals surface area contributed by atoms with E-state index in [0.29, 0.717) is 0 Å². The van der Waals surface area contributed by atoms with Gasteiger partial charge in [0.05, 0.1) is 5.69 Å². The predicted octanol–water partition coefficient (Wildman–Crippen LogP) is 3.10. The molecule has 0 spiro atoms. The third-order valence-corrected chi connectivity index (χ3v) is 3.93. The van der Waals surface area contributed by atoms with Gasteiger partial charge in [-0.3, -0.25) is 4.98 Å². The Kier molecular flexibility index (Phi) is 4.09. The summed E-state index contributed by atoms with van der Waals surface area (Å²) in [7, 11) is 1.97. The van der Waals surface area contributed by atoms with E-state index in [1.165, 1.54) is 16.1 Å². The van der Waals surface area contributed by atoms with Gasteiger partial charge in [-0.1, -0.05) is 6.92 Å². The molecule has 0 radical (unpaired) electrons. The molecule has 2 rings (SSSR count). The quantitative estimate of drug-likeness (QED) is 0.919. The minimum Gasteiger partial charge on any atom is -0.315 e. The lowest BCUT2D eigenvalue weighted by Crippen LogP contribution is -2.05. The first-order valence-corrected chi connectivity index (χ1v) is 7.04. The molecule has 18 heavy (non-hydrogen) atoms. The van der Waals surface area contributed by atoms with Crippen LogP contribution in [0.3, 0.4) is 0 Å². The van der Waals surface area contributed by atoms with Crippen molar-refractivity contribution in [1.29, 1.82) is 0 Å². The van der Waals surface area contributed by atoms with E-state index in [2.05, 4.69) is 29.4 Å². The Balaban J connectivity index is 2.43. The Hall–Kier alpha value is -1.26. The van der Waals surface area contributed by atoms with Crippen molar-refractivity contribution in [3.63, 3.8) is 0 Å². The van der Waals surface area contributed by atoms with Crippen molar-refractivity contribution in [3.8, 4) is 10.6 Å². The van der Waals surface area contributed by atoms with E-state index in [1.807, 2.05) is 20.9 Å². The van der Waals surface area contributed by atoms with Gasteiger partial charge in [0.25, 0.3) is 0 Å². The zero-order chi connectivity index (χ0) is 13.1. The van der Waals surface area contributed by atoms with Crippen LogP contribution in [0, 0.1) is 13.8 Å². The minimum absolute atomic E-state index is 0.893. The molecule has 0 atom stereocenters. The highest BCUT2D eigenvalue weighted by Crippen LogP contribution is 2.29. The fraction of sp³-hybridized carbons (Fsp3) is 0.429. The lowest BCUT2D eigenvalue weighted by Gasteiger charge is -2.00. The molecule has 0 amide bonds. The summed E-state index contributed by atoms with van der Waals surface area (Å²) in [4.78, 5) is 10.5. The van der Waals surface area contributed by atoms with Crippen molar-refractivity contribution in [2.45, 2.75) is 33.7 Å². The number of hydrogen-bond donors (Lipinski definition) is 1. The Morgan fingerprint density at radius 3 is 2.39 bits per heavy atom. The third-order valence-electron chi connectivity index (χ3n) is 2.78. The summed E-state index contributed by atoms with van der Waals surface area (Å²) < 4.78 is 0. The summed E-state index contributed by atoms with van der Waals surface area (Å²) in [5, 5.41) is 4.31. The van der Waals surface area contributed by atoms with Gasteiger partial charge in [-0.2, -0.15) is 0 Å². The highest BCUT2D eigenvalue weighted by atomic mass is 32.1. The molecule has 0 aliphatic heterocycles. The smallest absolute Gasteiger partial charge is 0.124 e. The van der Waals surface area contributed by atoms with E-state index >= 15 is 0 Å². The molecular weight excluding hydrogens is 242 g/mol. The molecule has 0 saturated carbocycles. The molecule has 4 heteroatoms. The SMILES string of the molecule is CCc1nc(-c2cc(C)nc(C)c2)sc1CNC. The Morgan fingerprint density at radius 1 is 1.17 bits per heavy atom. The zero-order valence-electron chi connectivity index (χ0n) is 11.4.